The fourth-order valence-corrected chi connectivity index (χ4v) is 2.25. The predicted octanol–water partition coefficient (Wildman–Crippen LogP) is -0.335. The summed E-state index contributed by atoms with van der Waals surface area (Å²) >= 11 is 0. The Kier molecular flexibility index (Phi) is 3.41. The van der Waals surface area contributed by atoms with Gasteiger partial charge in [0.05, 0.1) is 12.2 Å². The van der Waals surface area contributed by atoms with Gasteiger partial charge in [-0.3, -0.25) is 13.9 Å². The monoisotopic (exact) mass is 285 g/mol. The summed E-state index contributed by atoms with van der Waals surface area (Å²) in [4.78, 5) is 28.3. The van der Waals surface area contributed by atoms with E-state index >= 15 is 0 Å². The van der Waals surface area contributed by atoms with Gasteiger partial charge in [-0.1, -0.05) is 6.07 Å². The molecule has 3 heterocycles. The van der Waals surface area contributed by atoms with E-state index in [1.807, 2.05) is 35.0 Å². The molecule has 0 amide bonds. The molecule has 0 atom stereocenters. The minimum atomic E-state index is -0.370. The highest BCUT2D eigenvalue weighted by molar-refractivity contribution is 5.39. The highest BCUT2D eigenvalue weighted by Gasteiger charge is 2.07. The maximum atomic E-state index is 12.2. The van der Waals surface area contributed by atoms with E-state index in [0.717, 1.165) is 15.9 Å². The number of fused-ring (bicyclic) bond motifs is 1. The van der Waals surface area contributed by atoms with Gasteiger partial charge in [0.1, 0.15) is 5.65 Å². The lowest BCUT2D eigenvalue weighted by Gasteiger charge is -2.07. The molecule has 0 bridgehead atoms. The topological polar surface area (TPSA) is 87.3 Å². The van der Waals surface area contributed by atoms with Crippen LogP contribution in [0.4, 0.5) is 0 Å². The zero-order valence-corrected chi connectivity index (χ0v) is 11.3. The second-order valence-corrected chi connectivity index (χ2v) is 4.70. The molecule has 3 aromatic heterocycles. The number of nitrogens with zero attached hydrogens (tertiary/aromatic N) is 4. The van der Waals surface area contributed by atoms with Crippen LogP contribution in [0.5, 0.6) is 0 Å². The first-order chi connectivity index (χ1) is 10.2. The molecule has 3 rings (SSSR count). The molecule has 0 radical (unpaired) electrons. The first-order valence-corrected chi connectivity index (χ1v) is 6.62. The van der Waals surface area contributed by atoms with Crippen molar-refractivity contribution in [2.24, 2.45) is 5.73 Å². The fraction of sp³-hybridized carbons (Fsp3) is 0.214. The average Bonchev–Trinajstić information content (AvgIpc) is 2.89. The van der Waals surface area contributed by atoms with Crippen molar-refractivity contribution in [3.63, 3.8) is 0 Å². The Labute approximate surface area is 119 Å². The van der Waals surface area contributed by atoms with Crippen LogP contribution >= 0.6 is 0 Å². The predicted molar refractivity (Wildman–Crippen MR) is 78.3 cm³/mol. The molecule has 0 saturated carbocycles. The van der Waals surface area contributed by atoms with Gasteiger partial charge in [0.25, 0.3) is 5.56 Å². The highest BCUT2D eigenvalue weighted by Crippen LogP contribution is 2.05. The quantitative estimate of drug-likeness (QED) is 0.710. The number of hydrogen-bond donors (Lipinski definition) is 1. The van der Waals surface area contributed by atoms with Gasteiger partial charge in [-0.25, -0.2) is 9.78 Å². The van der Waals surface area contributed by atoms with Gasteiger partial charge in [0.15, 0.2) is 0 Å². The molecule has 0 saturated heterocycles. The Morgan fingerprint density at radius 3 is 2.76 bits per heavy atom. The molecule has 3 aromatic rings. The molecule has 0 aromatic carbocycles. The Hall–Kier alpha value is -2.67. The number of nitrogens with two attached hydrogens (primary N) is 1. The number of hydrogen-bond acceptors (Lipinski definition) is 4. The minimum absolute atomic E-state index is 0.212. The molecule has 0 unspecified atom stereocenters. The maximum absolute atomic E-state index is 12.2. The fourth-order valence-electron chi connectivity index (χ4n) is 2.25. The third-order valence-corrected chi connectivity index (χ3v) is 3.24. The Morgan fingerprint density at radius 1 is 1.14 bits per heavy atom. The van der Waals surface area contributed by atoms with Crippen molar-refractivity contribution in [1.29, 1.82) is 0 Å². The summed E-state index contributed by atoms with van der Waals surface area (Å²) in [6, 6.07) is 7.07. The van der Waals surface area contributed by atoms with Crippen molar-refractivity contribution < 1.29 is 0 Å². The molecule has 108 valence electrons. The van der Waals surface area contributed by atoms with E-state index < -0.39 is 0 Å². The molecule has 0 aliphatic heterocycles. The van der Waals surface area contributed by atoms with E-state index in [1.54, 1.807) is 0 Å². The minimum Gasteiger partial charge on any atom is -0.329 e. The zero-order valence-electron chi connectivity index (χ0n) is 11.3. The van der Waals surface area contributed by atoms with Crippen molar-refractivity contribution in [2.45, 2.75) is 13.1 Å². The standard InChI is InChI=1S/C14H15N5O2/c15-5-8-19-13(20)4-7-18(14(19)21)10-11-9-17-6-2-1-3-12(17)16-11/h1-4,6-7,9H,5,8,10,15H2. The Morgan fingerprint density at radius 2 is 2.00 bits per heavy atom. The molecular weight excluding hydrogens is 270 g/mol. The molecule has 21 heavy (non-hydrogen) atoms. The number of imidazole rings is 1. The lowest BCUT2D eigenvalue weighted by Crippen LogP contribution is -2.40. The molecule has 0 aliphatic carbocycles. The first kappa shape index (κ1) is 13.3. The van der Waals surface area contributed by atoms with Crippen LogP contribution in [0.15, 0.2) is 52.4 Å². The van der Waals surface area contributed by atoms with Crippen molar-refractivity contribution >= 4 is 5.65 Å². The number of rotatable bonds is 4. The van der Waals surface area contributed by atoms with Crippen LogP contribution in [0.2, 0.25) is 0 Å². The molecule has 0 spiro atoms. The first-order valence-electron chi connectivity index (χ1n) is 6.62. The van der Waals surface area contributed by atoms with E-state index in [-0.39, 0.29) is 24.3 Å². The van der Waals surface area contributed by atoms with Gasteiger partial charge in [-0.15, -0.1) is 0 Å². The van der Waals surface area contributed by atoms with E-state index in [4.69, 9.17) is 5.73 Å². The van der Waals surface area contributed by atoms with Crippen LogP contribution in [0.3, 0.4) is 0 Å². The summed E-state index contributed by atoms with van der Waals surface area (Å²) in [6.45, 7) is 0.766. The Bertz CT molecular complexity index is 857. The van der Waals surface area contributed by atoms with Gasteiger partial charge < -0.3 is 10.1 Å². The largest absolute Gasteiger partial charge is 0.331 e. The summed E-state index contributed by atoms with van der Waals surface area (Å²) in [5, 5.41) is 0. The second-order valence-electron chi connectivity index (χ2n) is 4.70. The van der Waals surface area contributed by atoms with Crippen LogP contribution in [0.1, 0.15) is 5.69 Å². The van der Waals surface area contributed by atoms with Crippen molar-refractivity contribution in [3.8, 4) is 0 Å². The lowest BCUT2D eigenvalue weighted by molar-refractivity contribution is 0.577. The maximum Gasteiger partial charge on any atom is 0.331 e. The SMILES string of the molecule is NCCn1c(=O)ccn(Cc2cn3ccccc3n2)c1=O. The summed E-state index contributed by atoms with van der Waals surface area (Å²) in [5.41, 5.74) is 6.29. The number of pyridine rings is 1. The molecular formula is C14H15N5O2. The molecule has 7 nitrogen and oxygen atoms in total. The van der Waals surface area contributed by atoms with Crippen LogP contribution in [0.25, 0.3) is 5.65 Å². The highest BCUT2D eigenvalue weighted by atomic mass is 16.2. The van der Waals surface area contributed by atoms with E-state index in [0.29, 0.717) is 6.54 Å². The van der Waals surface area contributed by atoms with Crippen LogP contribution in [0, 0.1) is 0 Å². The summed E-state index contributed by atoms with van der Waals surface area (Å²) in [5.74, 6) is 0. The Balaban J connectivity index is 1.99. The van der Waals surface area contributed by atoms with Gasteiger partial charge in [0.2, 0.25) is 0 Å². The van der Waals surface area contributed by atoms with Crippen molar-refractivity contribution in [1.82, 2.24) is 18.5 Å². The van der Waals surface area contributed by atoms with Gasteiger partial charge >= 0.3 is 5.69 Å². The smallest absolute Gasteiger partial charge is 0.329 e. The normalized spacial score (nSPS) is 11.1. The zero-order chi connectivity index (χ0) is 14.8. The second kappa shape index (κ2) is 5.37. The van der Waals surface area contributed by atoms with Crippen LogP contribution < -0.4 is 17.0 Å². The molecule has 0 aliphatic rings. The van der Waals surface area contributed by atoms with Gasteiger partial charge in [-0.05, 0) is 12.1 Å². The van der Waals surface area contributed by atoms with Crippen LogP contribution in [-0.4, -0.2) is 25.1 Å². The van der Waals surface area contributed by atoms with Crippen molar-refractivity contribution in [3.05, 3.63) is 69.4 Å². The summed E-state index contributed by atoms with van der Waals surface area (Å²) in [6.07, 6.45) is 5.24. The average molecular weight is 285 g/mol. The third kappa shape index (κ3) is 2.50. The third-order valence-electron chi connectivity index (χ3n) is 3.24. The van der Waals surface area contributed by atoms with Gasteiger partial charge in [-0.2, -0.15) is 0 Å². The number of aromatic nitrogens is 4. The summed E-state index contributed by atoms with van der Waals surface area (Å²) < 4.78 is 4.48. The van der Waals surface area contributed by atoms with Crippen molar-refractivity contribution in [2.75, 3.05) is 6.54 Å². The lowest BCUT2D eigenvalue weighted by atomic mass is 10.4. The van der Waals surface area contributed by atoms with E-state index in [1.165, 1.54) is 16.8 Å². The molecule has 7 heteroatoms. The van der Waals surface area contributed by atoms with Gasteiger partial charge in [0, 0.05) is 37.7 Å². The van der Waals surface area contributed by atoms with Crippen LogP contribution in [-0.2, 0) is 13.1 Å². The molecule has 2 N–H and O–H groups in total. The van der Waals surface area contributed by atoms with E-state index in [2.05, 4.69) is 4.98 Å². The molecule has 0 fully saturated rings. The van der Waals surface area contributed by atoms with E-state index in [9.17, 15) is 9.59 Å². The summed E-state index contributed by atoms with van der Waals surface area (Å²) in [7, 11) is 0.